The summed E-state index contributed by atoms with van der Waals surface area (Å²) in [6, 6.07) is 3.69. The molecule has 0 aromatic heterocycles. The lowest BCUT2D eigenvalue weighted by Crippen LogP contribution is -2.47. The lowest BCUT2D eigenvalue weighted by atomic mass is 10.2. The molecule has 1 aliphatic rings. The number of nitrogens with two attached hydrogens (primary N) is 1. The molecule has 1 aromatic rings. The van der Waals surface area contributed by atoms with Crippen LogP contribution in [0.1, 0.15) is 13.8 Å². The van der Waals surface area contributed by atoms with Crippen LogP contribution >= 0.6 is 0 Å². The van der Waals surface area contributed by atoms with Crippen molar-refractivity contribution in [2.45, 2.75) is 19.9 Å². The molecule has 8 heteroatoms. The zero-order chi connectivity index (χ0) is 18.4. The van der Waals surface area contributed by atoms with Crippen molar-refractivity contribution in [3.8, 4) is 0 Å². The predicted molar refractivity (Wildman–Crippen MR) is 93.9 cm³/mol. The van der Waals surface area contributed by atoms with E-state index < -0.39 is 11.9 Å². The molecule has 4 N–H and O–H groups in total. The molecule has 2 amide bonds. The largest absolute Gasteiger partial charge is 0.370 e. The minimum atomic E-state index is -0.576. The van der Waals surface area contributed by atoms with E-state index in [0.717, 1.165) is 0 Å². The number of carbonyl (C=O) groups excluding carboxylic acids is 2. The number of benzene rings is 1. The highest BCUT2D eigenvalue weighted by Crippen LogP contribution is 2.24. The Morgan fingerprint density at radius 2 is 2.20 bits per heavy atom. The highest BCUT2D eigenvalue weighted by atomic mass is 19.1. The Hall–Kier alpha value is -2.03. The zero-order valence-corrected chi connectivity index (χ0v) is 14.5. The summed E-state index contributed by atoms with van der Waals surface area (Å²) < 4.78 is 19.4. The van der Waals surface area contributed by atoms with Crippen molar-refractivity contribution in [1.82, 2.24) is 5.32 Å². The lowest BCUT2D eigenvalue weighted by molar-refractivity contribution is -0.125. The molecule has 1 saturated heterocycles. The predicted octanol–water partition coefficient (Wildman–Crippen LogP) is 0.700. The summed E-state index contributed by atoms with van der Waals surface area (Å²) in [5, 5.41) is 5.72. The van der Waals surface area contributed by atoms with Crippen LogP contribution in [0, 0.1) is 11.7 Å². The SMILES string of the molecule is CC(C)CN[C@@H](CN)C(=O)Nc1ccc(N2CCOCC2=O)c(F)c1. The first-order valence-corrected chi connectivity index (χ1v) is 8.34. The Bertz CT molecular complexity index is 624. The Kier molecular flexibility index (Phi) is 6.86. The number of morpholine rings is 1. The van der Waals surface area contributed by atoms with Gasteiger partial charge in [-0.15, -0.1) is 0 Å². The van der Waals surface area contributed by atoms with Crippen molar-refractivity contribution in [3.63, 3.8) is 0 Å². The molecule has 2 rings (SSSR count). The number of anilines is 2. The molecule has 0 unspecified atom stereocenters. The maximum atomic E-state index is 14.4. The molecule has 0 aliphatic carbocycles. The fourth-order valence-corrected chi connectivity index (χ4v) is 2.47. The highest BCUT2D eigenvalue weighted by Gasteiger charge is 2.23. The summed E-state index contributed by atoms with van der Waals surface area (Å²) in [6.07, 6.45) is 0. The Balaban J connectivity index is 2.04. The van der Waals surface area contributed by atoms with Crippen molar-refractivity contribution in [2.24, 2.45) is 11.7 Å². The first-order chi connectivity index (χ1) is 11.9. The molecule has 1 heterocycles. The minimum absolute atomic E-state index is 0.0579. The molecule has 1 aliphatic heterocycles. The zero-order valence-electron chi connectivity index (χ0n) is 14.5. The number of rotatable bonds is 7. The van der Waals surface area contributed by atoms with Crippen molar-refractivity contribution in [1.29, 1.82) is 0 Å². The third-order valence-corrected chi connectivity index (χ3v) is 3.82. The van der Waals surface area contributed by atoms with Crippen molar-refractivity contribution < 1.29 is 18.7 Å². The van der Waals surface area contributed by atoms with E-state index in [0.29, 0.717) is 31.3 Å². The molecule has 1 atom stereocenters. The van der Waals surface area contributed by atoms with Crippen LogP contribution in [0.2, 0.25) is 0 Å². The Labute approximate surface area is 146 Å². The number of carbonyl (C=O) groups is 2. The van der Waals surface area contributed by atoms with E-state index in [2.05, 4.69) is 10.6 Å². The van der Waals surface area contributed by atoms with E-state index in [1.54, 1.807) is 6.07 Å². The van der Waals surface area contributed by atoms with Gasteiger partial charge in [-0.25, -0.2) is 4.39 Å². The van der Waals surface area contributed by atoms with Gasteiger partial charge in [-0.05, 0) is 30.7 Å². The second-order valence-corrected chi connectivity index (χ2v) is 6.34. The van der Waals surface area contributed by atoms with Crippen LogP contribution in [0.4, 0.5) is 15.8 Å². The summed E-state index contributed by atoms with van der Waals surface area (Å²) in [7, 11) is 0. The number of halogens is 1. The van der Waals surface area contributed by atoms with E-state index in [9.17, 15) is 14.0 Å². The number of ether oxygens (including phenoxy) is 1. The standard InChI is InChI=1S/C17H25FN4O3/c1-11(2)9-20-14(8-19)17(24)21-12-3-4-15(13(18)7-12)22-5-6-25-10-16(22)23/h3-4,7,11,14,20H,5-6,8-10,19H2,1-2H3,(H,21,24)/t14-/m0/s1. The molecule has 1 aromatic carbocycles. The van der Waals surface area contributed by atoms with Crippen molar-refractivity contribution in [3.05, 3.63) is 24.0 Å². The van der Waals surface area contributed by atoms with Crippen LogP contribution in [0.25, 0.3) is 0 Å². The highest BCUT2D eigenvalue weighted by molar-refractivity contribution is 5.97. The summed E-state index contributed by atoms with van der Waals surface area (Å²) in [6.45, 7) is 5.46. The monoisotopic (exact) mass is 352 g/mol. The third-order valence-electron chi connectivity index (χ3n) is 3.82. The van der Waals surface area contributed by atoms with Crippen LogP contribution < -0.4 is 21.3 Å². The molecule has 0 radical (unpaired) electrons. The van der Waals surface area contributed by atoms with Crippen LogP contribution in [-0.4, -0.2) is 50.7 Å². The van der Waals surface area contributed by atoms with Gasteiger partial charge in [0.05, 0.1) is 18.3 Å². The quantitative estimate of drug-likeness (QED) is 0.671. The number of hydrogen-bond donors (Lipinski definition) is 3. The van der Waals surface area contributed by atoms with E-state index in [-0.39, 0.29) is 30.7 Å². The number of amides is 2. The van der Waals surface area contributed by atoms with Gasteiger partial charge < -0.3 is 26.0 Å². The summed E-state index contributed by atoms with van der Waals surface area (Å²) >= 11 is 0. The molecule has 0 bridgehead atoms. The molecule has 0 saturated carbocycles. The van der Waals surface area contributed by atoms with Crippen molar-refractivity contribution >= 4 is 23.2 Å². The van der Waals surface area contributed by atoms with E-state index in [1.165, 1.54) is 17.0 Å². The number of nitrogens with one attached hydrogen (secondary N) is 2. The smallest absolute Gasteiger partial charge is 0.253 e. The maximum absolute atomic E-state index is 14.4. The average molecular weight is 352 g/mol. The molecule has 1 fully saturated rings. The lowest BCUT2D eigenvalue weighted by Gasteiger charge is -2.27. The van der Waals surface area contributed by atoms with Crippen LogP contribution in [0.3, 0.4) is 0 Å². The number of hydrogen-bond acceptors (Lipinski definition) is 5. The van der Waals surface area contributed by atoms with Gasteiger partial charge in [0.2, 0.25) is 5.91 Å². The first kappa shape index (κ1) is 19.3. The third kappa shape index (κ3) is 5.22. The maximum Gasteiger partial charge on any atom is 0.253 e. The fourth-order valence-electron chi connectivity index (χ4n) is 2.47. The van der Waals surface area contributed by atoms with E-state index >= 15 is 0 Å². The van der Waals surface area contributed by atoms with Crippen LogP contribution in [0.15, 0.2) is 18.2 Å². The van der Waals surface area contributed by atoms with Gasteiger partial charge in [-0.1, -0.05) is 13.8 Å². The van der Waals surface area contributed by atoms with Crippen LogP contribution in [0.5, 0.6) is 0 Å². The number of nitrogens with zero attached hydrogens (tertiary/aromatic N) is 1. The molecule has 138 valence electrons. The second-order valence-electron chi connectivity index (χ2n) is 6.34. The van der Waals surface area contributed by atoms with Crippen LogP contribution in [-0.2, 0) is 14.3 Å². The van der Waals surface area contributed by atoms with Gasteiger partial charge in [0.1, 0.15) is 12.4 Å². The molecular formula is C17H25FN4O3. The van der Waals surface area contributed by atoms with Gasteiger partial charge in [-0.2, -0.15) is 0 Å². The normalized spacial score (nSPS) is 16.2. The topological polar surface area (TPSA) is 96.7 Å². The average Bonchev–Trinajstić information content (AvgIpc) is 2.56. The van der Waals surface area contributed by atoms with E-state index in [4.69, 9.17) is 10.5 Å². The van der Waals surface area contributed by atoms with Gasteiger partial charge in [-0.3, -0.25) is 9.59 Å². The Morgan fingerprint density at radius 1 is 1.44 bits per heavy atom. The van der Waals surface area contributed by atoms with Gasteiger partial charge >= 0.3 is 0 Å². The van der Waals surface area contributed by atoms with Gasteiger partial charge in [0.15, 0.2) is 0 Å². The first-order valence-electron chi connectivity index (χ1n) is 8.34. The van der Waals surface area contributed by atoms with Crippen molar-refractivity contribution in [2.75, 3.05) is 43.1 Å². The fraction of sp³-hybridized carbons (Fsp3) is 0.529. The van der Waals surface area contributed by atoms with Gasteiger partial charge in [0.25, 0.3) is 5.91 Å². The summed E-state index contributed by atoms with van der Waals surface area (Å²) in [5.41, 5.74) is 6.12. The second kappa shape index (κ2) is 8.89. The summed E-state index contributed by atoms with van der Waals surface area (Å²) in [4.78, 5) is 25.4. The summed E-state index contributed by atoms with van der Waals surface area (Å²) in [5.74, 6) is -0.808. The molecule has 7 nitrogen and oxygen atoms in total. The molecule has 25 heavy (non-hydrogen) atoms. The molecule has 0 spiro atoms. The molecular weight excluding hydrogens is 327 g/mol. The minimum Gasteiger partial charge on any atom is -0.370 e. The Morgan fingerprint density at radius 3 is 2.80 bits per heavy atom. The van der Waals surface area contributed by atoms with E-state index in [1.807, 2.05) is 13.8 Å². The van der Waals surface area contributed by atoms with Gasteiger partial charge in [0, 0.05) is 18.8 Å².